The number of hydrogen-bond acceptors (Lipinski definition) is 5. The van der Waals surface area contributed by atoms with Gasteiger partial charge in [-0.1, -0.05) is 5.92 Å². The van der Waals surface area contributed by atoms with Crippen LogP contribution in [0.4, 0.5) is 8.78 Å². The monoisotopic (exact) mass is 220 g/mol. The third kappa shape index (κ3) is 3.27. The van der Waals surface area contributed by atoms with E-state index in [0.29, 0.717) is 0 Å². The van der Waals surface area contributed by atoms with Gasteiger partial charge in [0.15, 0.2) is 0 Å². The predicted molar refractivity (Wildman–Crippen MR) is 33.7 cm³/mol. The fourth-order valence-corrected chi connectivity index (χ4v) is 0.863. The summed E-state index contributed by atoms with van der Waals surface area (Å²) < 4.78 is 48.6. The zero-order valence-electron chi connectivity index (χ0n) is 6.99. The largest absolute Gasteiger partial charge is 1.00 e. The molecule has 0 heterocycles. The maximum atomic E-state index is 12.2. The maximum absolute atomic E-state index is 12.2. The van der Waals surface area contributed by atoms with Gasteiger partial charge in [0.05, 0.1) is 0 Å². The van der Waals surface area contributed by atoms with Gasteiger partial charge in [0.2, 0.25) is 0 Å². The maximum Gasteiger partial charge on any atom is 1.00 e. The first-order valence-corrected chi connectivity index (χ1v) is 4.08. The van der Waals surface area contributed by atoms with E-state index in [1.165, 1.54) is 0 Å². The first-order valence-electron chi connectivity index (χ1n) is 2.67. The van der Waals surface area contributed by atoms with Crippen molar-refractivity contribution in [2.75, 3.05) is 6.61 Å². The van der Waals surface area contributed by atoms with E-state index >= 15 is 0 Å². The minimum Gasteiger partial charge on any atom is -0.543 e. The van der Waals surface area contributed by atoms with Crippen LogP contribution in [0, 0.1) is 12.3 Å². The van der Waals surface area contributed by atoms with E-state index < -0.39 is 27.9 Å². The molecule has 0 bridgehead atoms. The van der Waals surface area contributed by atoms with E-state index in [4.69, 9.17) is 0 Å². The Labute approximate surface area is 90.7 Å². The Hall–Kier alpha value is -0.603. The molecule has 0 aliphatic heterocycles. The third-order valence-electron chi connectivity index (χ3n) is 0.849. The molecule has 0 radical (unpaired) electrons. The molecule has 0 atom stereocenters. The average molecular weight is 220 g/mol. The predicted octanol–water partition coefficient (Wildman–Crippen LogP) is -4.69. The smallest absolute Gasteiger partial charge is 0.543 e. The molecule has 0 fully saturated rings. The number of hydrogen-bond donors (Lipinski definition) is 0. The Bertz CT molecular complexity index is 344. The van der Waals surface area contributed by atoms with Gasteiger partial charge in [-0.2, -0.15) is 17.2 Å². The first-order chi connectivity index (χ1) is 5.75. The van der Waals surface area contributed by atoms with Gasteiger partial charge in [0, 0.05) is 0 Å². The molecule has 0 saturated carbocycles. The van der Waals surface area contributed by atoms with Gasteiger partial charge in [-0.25, -0.2) is 0 Å². The van der Waals surface area contributed by atoms with E-state index in [9.17, 15) is 27.1 Å². The molecule has 0 N–H and O–H groups in total. The molecule has 0 saturated heterocycles. The standard InChI is InChI=1S/C5H4F2O5S.Li/c1-2-3-12-13(10,11)5(6,7)4(8)9;/h1H,3H2,(H,8,9);/q;+1/p-1. The third-order valence-corrected chi connectivity index (χ3v) is 2.07. The number of rotatable bonds is 4. The fourth-order valence-electron chi connectivity index (χ4n) is 0.288. The van der Waals surface area contributed by atoms with Gasteiger partial charge in [-0.05, 0) is 0 Å². The zero-order valence-corrected chi connectivity index (χ0v) is 7.81. The number of aliphatic carboxylic acids is 1. The van der Waals surface area contributed by atoms with Crippen molar-refractivity contribution in [1.29, 1.82) is 0 Å². The summed E-state index contributed by atoms with van der Waals surface area (Å²) in [7, 11) is -5.56. The quantitative estimate of drug-likeness (QED) is 0.270. The van der Waals surface area contributed by atoms with Crippen molar-refractivity contribution in [3.8, 4) is 12.3 Å². The number of carboxylic acid groups (broad SMARTS) is 1. The Morgan fingerprint density at radius 1 is 1.57 bits per heavy atom. The van der Waals surface area contributed by atoms with E-state index in [1.54, 1.807) is 5.92 Å². The van der Waals surface area contributed by atoms with Gasteiger partial charge in [0.25, 0.3) is 0 Å². The van der Waals surface area contributed by atoms with Crippen LogP contribution in [0.25, 0.3) is 0 Å². The van der Waals surface area contributed by atoms with Gasteiger partial charge in [-0.15, -0.1) is 6.42 Å². The van der Waals surface area contributed by atoms with E-state index in [1.807, 2.05) is 0 Å². The van der Waals surface area contributed by atoms with Gasteiger partial charge in [-0.3, -0.25) is 4.18 Å². The number of halogens is 2. The first kappa shape index (κ1) is 15.9. The molecule has 0 amide bonds. The van der Waals surface area contributed by atoms with Crippen LogP contribution in [-0.2, 0) is 19.1 Å². The SMILES string of the molecule is C#CCOS(=O)(=O)C(F)(F)C(=O)[O-].[Li+]. The Kier molecular flexibility index (Phi) is 6.02. The van der Waals surface area contributed by atoms with Crippen molar-refractivity contribution >= 4 is 16.1 Å². The van der Waals surface area contributed by atoms with Crippen LogP contribution >= 0.6 is 0 Å². The van der Waals surface area contributed by atoms with Crippen LogP contribution < -0.4 is 24.0 Å². The summed E-state index contributed by atoms with van der Waals surface area (Å²) in [4.78, 5) is 9.66. The van der Waals surface area contributed by atoms with Gasteiger partial charge >= 0.3 is 34.2 Å². The van der Waals surface area contributed by atoms with Crippen LogP contribution in [0.1, 0.15) is 0 Å². The van der Waals surface area contributed by atoms with Gasteiger partial charge in [0.1, 0.15) is 12.6 Å². The molecule has 5 nitrogen and oxygen atoms in total. The summed E-state index contributed by atoms with van der Waals surface area (Å²) in [5.74, 6) is -1.48. The Morgan fingerprint density at radius 3 is 2.29 bits per heavy atom. The van der Waals surface area contributed by atoms with Crippen LogP contribution in [0.3, 0.4) is 0 Å². The number of alkyl halides is 2. The molecule has 74 valence electrons. The topological polar surface area (TPSA) is 83.5 Å². The van der Waals surface area contributed by atoms with Crippen molar-refractivity contribution < 1.29 is 50.1 Å². The zero-order chi connectivity index (χ0) is 10.7. The Morgan fingerprint density at radius 2 is 2.00 bits per heavy atom. The van der Waals surface area contributed by atoms with Crippen molar-refractivity contribution in [2.24, 2.45) is 0 Å². The van der Waals surface area contributed by atoms with Crippen LogP contribution in [-0.4, -0.2) is 26.2 Å². The minimum absolute atomic E-state index is 0. The molecule has 9 heteroatoms. The number of terminal acetylenes is 1. The normalized spacial score (nSPS) is 11.2. The summed E-state index contributed by atoms with van der Waals surface area (Å²) in [6.07, 6.45) is 4.51. The van der Waals surface area contributed by atoms with Crippen LogP contribution in [0.5, 0.6) is 0 Å². The Balaban J connectivity index is 0. The molecule has 0 aliphatic rings. The van der Waals surface area contributed by atoms with Crippen LogP contribution in [0.15, 0.2) is 0 Å². The molecule has 0 unspecified atom stereocenters. The van der Waals surface area contributed by atoms with E-state index in [0.717, 1.165) is 0 Å². The van der Waals surface area contributed by atoms with Crippen molar-refractivity contribution in [2.45, 2.75) is 5.25 Å². The summed E-state index contributed by atoms with van der Waals surface area (Å²) in [5.41, 5.74) is 0. The molecule has 0 aromatic carbocycles. The average Bonchev–Trinajstić information content (AvgIpc) is 2.00. The molecule has 0 aliphatic carbocycles. The molecular formula is C5H3F2LiO5S. The van der Waals surface area contributed by atoms with Crippen LogP contribution in [0.2, 0.25) is 0 Å². The van der Waals surface area contributed by atoms with E-state index in [-0.39, 0.29) is 18.9 Å². The molecular weight excluding hydrogens is 217 g/mol. The van der Waals surface area contributed by atoms with Crippen molar-refractivity contribution in [1.82, 2.24) is 0 Å². The van der Waals surface area contributed by atoms with E-state index in [2.05, 4.69) is 10.6 Å². The fraction of sp³-hybridized carbons (Fsp3) is 0.400. The molecule has 0 spiro atoms. The minimum atomic E-state index is -5.56. The summed E-state index contributed by atoms with van der Waals surface area (Å²) >= 11 is 0. The number of carbonyl (C=O) groups is 1. The second-order valence-electron chi connectivity index (χ2n) is 1.72. The second kappa shape index (κ2) is 5.32. The molecule has 0 rings (SSSR count). The summed E-state index contributed by atoms with van der Waals surface area (Å²) in [6, 6.07) is 0. The number of carboxylic acids is 1. The van der Waals surface area contributed by atoms with Crippen molar-refractivity contribution in [3.05, 3.63) is 0 Å². The molecule has 0 aromatic rings. The number of carbonyl (C=O) groups excluding carboxylic acids is 1. The summed E-state index contributed by atoms with van der Waals surface area (Å²) in [5, 5.41) is 4.57. The van der Waals surface area contributed by atoms with Crippen molar-refractivity contribution in [3.63, 3.8) is 0 Å². The van der Waals surface area contributed by atoms with Gasteiger partial charge < -0.3 is 9.90 Å². The summed E-state index contributed by atoms with van der Waals surface area (Å²) in [6.45, 7) is -0.967. The second-order valence-corrected chi connectivity index (χ2v) is 3.38. The molecule has 0 aromatic heterocycles. The molecule has 14 heavy (non-hydrogen) atoms.